The average molecular weight is 302 g/mol. The molecule has 0 aliphatic rings. The molecule has 0 radical (unpaired) electrons. The monoisotopic (exact) mass is 301 g/mol. The largest absolute Gasteiger partial charge is 0.495 e. The highest BCUT2D eigenvalue weighted by Crippen LogP contribution is 2.37. The molecule has 2 N–H and O–H groups in total. The minimum Gasteiger partial charge on any atom is -0.495 e. The standard InChI is InChI=1S/C12H16BrNO3/c1-7(6-14)11(15)8-4-5-9(16-2)10(13)12(8)17-3/h4-5,7H,6,14H2,1-3H3. The lowest BCUT2D eigenvalue weighted by Gasteiger charge is -2.14. The van der Waals surface area contributed by atoms with Crippen LogP contribution in [0.25, 0.3) is 0 Å². The molecule has 1 aromatic carbocycles. The Bertz CT molecular complexity index is 420. The van der Waals surface area contributed by atoms with Crippen molar-refractivity contribution in [1.29, 1.82) is 0 Å². The summed E-state index contributed by atoms with van der Waals surface area (Å²) in [7, 11) is 3.08. The molecule has 4 nitrogen and oxygen atoms in total. The molecule has 0 saturated carbocycles. The smallest absolute Gasteiger partial charge is 0.170 e. The number of ketones is 1. The average Bonchev–Trinajstić information content (AvgIpc) is 2.36. The quantitative estimate of drug-likeness (QED) is 0.847. The Hall–Kier alpha value is -1.07. The summed E-state index contributed by atoms with van der Waals surface area (Å²) in [6.07, 6.45) is 0. The summed E-state index contributed by atoms with van der Waals surface area (Å²) in [5.74, 6) is 0.838. The second kappa shape index (κ2) is 6.02. The first kappa shape index (κ1) is 14.0. The second-order valence-electron chi connectivity index (χ2n) is 3.66. The van der Waals surface area contributed by atoms with Crippen LogP contribution in [-0.2, 0) is 0 Å². The van der Waals surface area contributed by atoms with E-state index in [2.05, 4.69) is 15.9 Å². The van der Waals surface area contributed by atoms with Gasteiger partial charge < -0.3 is 15.2 Å². The van der Waals surface area contributed by atoms with E-state index in [1.165, 1.54) is 7.11 Å². The maximum absolute atomic E-state index is 12.1. The summed E-state index contributed by atoms with van der Waals surface area (Å²) < 4.78 is 11.0. The fourth-order valence-electron chi connectivity index (χ4n) is 1.46. The van der Waals surface area contributed by atoms with E-state index in [4.69, 9.17) is 15.2 Å². The molecule has 5 heteroatoms. The van der Waals surface area contributed by atoms with Crippen molar-refractivity contribution in [2.24, 2.45) is 11.7 Å². The lowest BCUT2D eigenvalue weighted by Crippen LogP contribution is -2.21. The van der Waals surface area contributed by atoms with Gasteiger partial charge in [0.25, 0.3) is 0 Å². The second-order valence-corrected chi connectivity index (χ2v) is 4.46. The minimum absolute atomic E-state index is 0.0345. The van der Waals surface area contributed by atoms with Crippen molar-refractivity contribution in [1.82, 2.24) is 0 Å². The van der Waals surface area contributed by atoms with Gasteiger partial charge in [0, 0.05) is 12.5 Å². The van der Waals surface area contributed by atoms with E-state index in [9.17, 15) is 4.79 Å². The normalized spacial score (nSPS) is 12.1. The fraction of sp³-hybridized carbons (Fsp3) is 0.417. The molecule has 0 spiro atoms. The van der Waals surface area contributed by atoms with E-state index in [1.807, 2.05) is 0 Å². The number of methoxy groups -OCH3 is 2. The molecule has 1 atom stereocenters. The van der Waals surface area contributed by atoms with Gasteiger partial charge in [-0.2, -0.15) is 0 Å². The minimum atomic E-state index is -0.232. The van der Waals surface area contributed by atoms with Crippen LogP contribution in [0.4, 0.5) is 0 Å². The highest BCUT2D eigenvalue weighted by molar-refractivity contribution is 9.10. The molecule has 0 aliphatic heterocycles. The van der Waals surface area contributed by atoms with Crippen LogP contribution in [0.2, 0.25) is 0 Å². The van der Waals surface area contributed by atoms with E-state index in [0.29, 0.717) is 28.1 Å². The molecule has 0 aliphatic carbocycles. The van der Waals surface area contributed by atoms with Crippen molar-refractivity contribution >= 4 is 21.7 Å². The fourth-order valence-corrected chi connectivity index (χ4v) is 2.13. The van der Waals surface area contributed by atoms with Gasteiger partial charge in [0.05, 0.1) is 19.8 Å². The van der Waals surface area contributed by atoms with Crippen molar-refractivity contribution in [3.63, 3.8) is 0 Å². The molecule has 1 aromatic rings. The first-order valence-corrected chi connectivity index (χ1v) is 6.00. The Morgan fingerprint density at radius 3 is 2.53 bits per heavy atom. The van der Waals surface area contributed by atoms with E-state index >= 15 is 0 Å². The predicted molar refractivity (Wildman–Crippen MR) is 69.8 cm³/mol. The first-order chi connectivity index (χ1) is 8.06. The molecule has 94 valence electrons. The molecule has 1 rings (SSSR count). The van der Waals surface area contributed by atoms with Gasteiger partial charge in [-0.05, 0) is 28.1 Å². The zero-order chi connectivity index (χ0) is 13.0. The molecular weight excluding hydrogens is 286 g/mol. The number of carbonyl (C=O) groups is 1. The Kier molecular flexibility index (Phi) is 4.96. The number of rotatable bonds is 5. The molecular formula is C12H16BrNO3. The van der Waals surface area contributed by atoms with Crippen LogP contribution in [0.15, 0.2) is 16.6 Å². The number of carbonyl (C=O) groups excluding carboxylic acids is 1. The SMILES string of the molecule is COc1ccc(C(=O)C(C)CN)c(OC)c1Br. The van der Waals surface area contributed by atoms with Crippen LogP contribution >= 0.6 is 15.9 Å². The molecule has 1 unspecified atom stereocenters. The van der Waals surface area contributed by atoms with Crippen molar-refractivity contribution < 1.29 is 14.3 Å². The molecule has 0 saturated heterocycles. The highest BCUT2D eigenvalue weighted by Gasteiger charge is 2.21. The Balaban J connectivity index is 3.26. The van der Waals surface area contributed by atoms with E-state index in [-0.39, 0.29) is 11.7 Å². The third kappa shape index (κ3) is 2.79. The molecule has 17 heavy (non-hydrogen) atoms. The van der Waals surface area contributed by atoms with Crippen LogP contribution in [0.5, 0.6) is 11.5 Å². The lowest BCUT2D eigenvalue weighted by molar-refractivity contribution is 0.0931. The number of benzene rings is 1. The van der Waals surface area contributed by atoms with E-state index in [0.717, 1.165) is 0 Å². The highest BCUT2D eigenvalue weighted by atomic mass is 79.9. The summed E-state index contributed by atoms with van der Waals surface area (Å²) in [4.78, 5) is 12.1. The maximum Gasteiger partial charge on any atom is 0.170 e. The number of Topliss-reactive ketones (excluding diaryl/α,β-unsaturated/α-hetero) is 1. The van der Waals surface area contributed by atoms with Crippen molar-refractivity contribution in [3.8, 4) is 11.5 Å². The number of hydrogen-bond acceptors (Lipinski definition) is 4. The lowest BCUT2D eigenvalue weighted by atomic mass is 9.98. The summed E-state index contributed by atoms with van der Waals surface area (Å²) in [6.45, 7) is 2.10. The number of halogens is 1. The van der Waals surface area contributed by atoms with Crippen molar-refractivity contribution in [2.45, 2.75) is 6.92 Å². The van der Waals surface area contributed by atoms with Gasteiger partial charge in [0.1, 0.15) is 16.0 Å². The third-order valence-electron chi connectivity index (χ3n) is 2.55. The van der Waals surface area contributed by atoms with Gasteiger partial charge in [0.15, 0.2) is 5.78 Å². The zero-order valence-corrected chi connectivity index (χ0v) is 11.7. The van der Waals surface area contributed by atoms with Gasteiger partial charge in [-0.25, -0.2) is 0 Å². The first-order valence-electron chi connectivity index (χ1n) is 5.21. The third-order valence-corrected chi connectivity index (χ3v) is 3.30. The summed E-state index contributed by atoms with van der Waals surface area (Å²) in [5, 5.41) is 0. The number of ether oxygens (including phenoxy) is 2. The Morgan fingerprint density at radius 2 is 2.06 bits per heavy atom. The molecule has 0 bridgehead atoms. The topological polar surface area (TPSA) is 61.5 Å². The molecule has 0 heterocycles. The van der Waals surface area contributed by atoms with Gasteiger partial charge in [0.2, 0.25) is 0 Å². The molecule has 0 fully saturated rings. The predicted octanol–water partition coefficient (Wildman–Crippen LogP) is 2.24. The van der Waals surface area contributed by atoms with Crippen molar-refractivity contribution in [2.75, 3.05) is 20.8 Å². The Morgan fingerprint density at radius 1 is 1.41 bits per heavy atom. The number of hydrogen-bond donors (Lipinski definition) is 1. The van der Waals surface area contributed by atoms with E-state index < -0.39 is 0 Å². The van der Waals surface area contributed by atoms with Gasteiger partial charge in [-0.3, -0.25) is 4.79 Å². The van der Waals surface area contributed by atoms with Crippen LogP contribution in [0, 0.1) is 5.92 Å². The summed E-state index contributed by atoms with van der Waals surface area (Å²) in [5.41, 5.74) is 6.01. The van der Waals surface area contributed by atoms with Crippen LogP contribution in [-0.4, -0.2) is 26.5 Å². The Labute approximate surface area is 109 Å². The maximum atomic E-state index is 12.1. The van der Waals surface area contributed by atoms with Crippen molar-refractivity contribution in [3.05, 3.63) is 22.2 Å². The number of nitrogens with two attached hydrogens (primary N) is 1. The van der Waals surface area contributed by atoms with Gasteiger partial charge in [-0.15, -0.1) is 0 Å². The van der Waals surface area contributed by atoms with Gasteiger partial charge in [-0.1, -0.05) is 6.92 Å². The summed E-state index contributed by atoms with van der Waals surface area (Å²) >= 11 is 3.36. The van der Waals surface area contributed by atoms with E-state index in [1.54, 1.807) is 26.2 Å². The van der Waals surface area contributed by atoms with Crippen LogP contribution < -0.4 is 15.2 Å². The van der Waals surface area contributed by atoms with Crippen LogP contribution in [0.1, 0.15) is 17.3 Å². The van der Waals surface area contributed by atoms with Crippen LogP contribution in [0.3, 0.4) is 0 Å². The molecule has 0 amide bonds. The van der Waals surface area contributed by atoms with Gasteiger partial charge >= 0.3 is 0 Å². The molecule has 0 aromatic heterocycles. The summed E-state index contributed by atoms with van der Waals surface area (Å²) in [6, 6.07) is 3.42. The zero-order valence-electron chi connectivity index (χ0n) is 10.1.